The van der Waals surface area contributed by atoms with E-state index in [4.69, 9.17) is 56.8 Å². The van der Waals surface area contributed by atoms with Gasteiger partial charge in [0.25, 0.3) is 0 Å². The summed E-state index contributed by atoms with van der Waals surface area (Å²) in [5.74, 6) is 0.936. The highest BCUT2D eigenvalue weighted by Crippen LogP contribution is 2.20. The number of hydrogen-bond acceptors (Lipinski definition) is 12. The number of hydrogen-bond donors (Lipinski definition) is 0. The number of unbranched alkanes of at least 4 members (excludes halogenated alkanes) is 12. The Bertz CT molecular complexity index is 2010. The van der Waals surface area contributed by atoms with E-state index in [1.807, 2.05) is 0 Å². The summed E-state index contributed by atoms with van der Waals surface area (Å²) >= 11 is 0. The molecule has 0 spiro atoms. The van der Waals surface area contributed by atoms with Crippen LogP contribution in [-0.2, 0) is 82.5 Å². The summed E-state index contributed by atoms with van der Waals surface area (Å²) in [6.07, 6.45) is 23.6. The Balaban J connectivity index is 1.18. The molecular weight excluding hydrogens is 1140 g/mol. The smallest absolute Gasteiger partial charge is 0.161 e. The Labute approximate surface area is 554 Å². The highest BCUT2D eigenvalue weighted by atomic mass is 16.7. The van der Waals surface area contributed by atoms with Crippen LogP contribution >= 0.6 is 0 Å². The molecule has 0 aliphatic heterocycles. The predicted molar refractivity (Wildman–Crippen MR) is 372 cm³/mol. The third kappa shape index (κ3) is 43.9. The molecule has 0 saturated carbocycles. The van der Waals surface area contributed by atoms with Crippen LogP contribution in [0.3, 0.4) is 0 Å². The summed E-state index contributed by atoms with van der Waals surface area (Å²) in [5, 5.41) is 0. The molecule has 0 aliphatic rings. The zero-order valence-corrected chi connectivity index (χ0v) is 58.4. The molecular formula is C79H128O12. The molecule has 12 nitrogen and oxygen atoms in total. The van der Waals surface area contributed by atoms with Gasteiger partial charge in [0.2, 0.25) is 0 Å². The Morgan fingerprint density at radius 2 is 0.418 bits per heavy atom. The molecule has 0 heterocycles. The van der Waals surface area contributed by atoms with Gasteiger partial charge < -0.3 is 56.8 Å². The third-order valence-corrected chi connectivity index (χ3v) is 16.1. The van der Waals surface area contributed by atoms with E-state index in [-0.39, 0.29) is 49.6 Å². The Hall–Kier alpha value is -3.60. The second-order valence-electron chi connectivity index (χ2n) is 25.9. The van der Waals surface area contributed by atoms with Gasteiger partial charge >= 0.3 is 0 Å². The first-order valence-corrected chi connectivity index (χ1v) is 36.1. The fraction of sp³-hybridized carbons (Fsp3) is 0.696. The minimum atomic E-state index is -0.284. The molecule has 4 rings (SSSR count). The summed E-state index contributed by atoms with van der Waals surface area (Å²) in [6, 6.07) is 42.4. The Kier molecular flexibility index (Phi) is 47.9. The van der Waals surface area contributed by atoms with Crippen molar-refractivity contribution in [2.24, 2.45) is 11.8 Å². The minimum Gasteiger partial charge on any atom is -0.379 e. The van der Waals surface area contributed by atoms with E-state index in [0.29, 0.717) is 64.7 Å². The first-order valence-electron chi connectivity index (χ1n) is 36.1. The van der Waals surface area contributed by atoms with Crippen LogP contribution in [0.2, 0.25) is 0 Å². The van der Waals surface area contributed by atoms with E-state index in [1.165, 1.54) is 22.3 Å². The molecule has 4 aromatic rings. The van der Waals surface area contributed by atoms with Crippen molar-refractivity contribution in [2.45, 2.75) is 265 Å². The van der Waals surface area contributed by atoms with E-state index in [0.717, 1.165) is 187 Å². The van der Waals surface area contributed by atoms with E-state index in [9.17, 15) is 0 Å². The molecule has 12 heteroatoms. The SMILES string of the molecule is CC(C)OCCCCCOC(CCCC(OCCCCCOC(C)C)OCCCCCOC(Cc1ccccc1)OCCCCCOC(Cc1ccccc1)C(C)C)OCCCCCOC(Cc1ccccc1)OCCCCCOC(Cc1ccccc1)C(C)C. The predicted octanol–water partition coefficient (Wildman–Crippen LogP) is 18.5. The number of benzene rings is 4. The third-order valence-electron chi connectivity index (χ3n) is 16.1. The molecule has 6 atom stereocenters. The molecule has 0 saturated heterocycles. The lowest BCUT2D eigenvalue weighted by Gasteiger charge is -2.22. The van der Waals surface area contributed by atoms with Gasteiger partial charge in [-0.25, -0.2) is 0 Å². The lowest BCUT2D eigenvalue weighted by Crippen LogP contribution is -2.23. The zero-order chi connectivity index (χ0) is 64.9. The Morgan fingerprint density at radius 1 is 0.209 bits per heavy atom. The molecule has 516 valence electrons. The van der Waals surface area contributed by atoms with Crippen LogP contribution in [0, 0.1) is 11.8 Å². The van der Waals surface area contributed by atoms with Crippen molar-refractivity contribution in [3.8, 4) is 0 Å². The van der Waals surface area contributed by atoms with E-state index in [2.05, 4.69) is 177 Å². The highest BCUT2D eigenvalue weighted by molar-refractivity contribution is 5.18. The molecule has 6 unspecified atom stereocenters. The molecule has 0 amide bonds. The lowest BCUT2D eigenvalue weighted by molar-refractivity contribution is -0.163. The maximum Gasteiger partial charge on any atom is 0.161 e. The van der Waals surface area contributed by atoms with Crippen molar-refractivity contribution >= 4 is 0 Å². The molecule has 0 fully saturated rings. The van der Waals surface area contributed by atoms with Crippen LogP contribution in [0.1, 0.15) is 212 Å². The van der Waals surface area contributed by atoms with Gasteiger partial charge in [0.1, 0.15) is 0 Å². The van der Waals surface area contributed by atoms with Crippen molar-refractivity contribution in [2.75, 3.05) is 79.3 Å². The molecule has 0 N–H and O–H groups in total. The summed E-state index contributed by atoms with van der Waals surface area (Å²) in [6.45, 7) is 25.7. The minimum absolute atomic E-state index is 0.226. The van der Waals surface area contributed by atoms with Gasteiger partial charge in [0.15, 0.2) is 25.2 Å². The summed E-state index contributed by atoms with van der Waals surface area (Å²) in [4.78, 5) is 0. The standard InChI is InChI=1S/C79H128O12/c1-66(2)74(62-70-40-19-9-20-41-70)82-52-29-15-35-58-88-78(64-72-44-23-11-24-45-72)90-60-37-17-33-56-86-76(84-54-31-13-27-50-80-68(5)6)48-39-49-77(85-55-32-14-28-51-81-69(7)8)87-57-34-18-38-61-91-79(65-73-46-25-12-26-47-73)89-59-36-16-30-53-83-75(67(3)4)63-71-42-21-10-22-43-71/h9-12,19-26,40-47,66-69,74-79H,13-18,27-39,48-65H2,1-8H3. The fourth-order valence-corrected chi connectivity index (χ4v) is 10.6. The molecule has 0 aliphatic carbocycles. The van der Waals surface area contributed by atoms with E-state index >= 15 is 0 Å². The quantitative estimate of drug-likeness (QED) is 0.0310. The van der Waals surface area contributed by atoms with Gasteiger partial charge in [-0.05, 0) is 209 Å². The van der Waals surface area contributed by atoms with Gasteiger partial charge in [0.05, 0.1) is 24.4 Å². The second-order valence-corrected chi connectivity index (χ2v) is 25.9. The van der Waals surface area contributed by atoms with Gasteiger partial charge in [-0.3, -0.25) is 0 Å². The van der Waals surface area contributed by atoms with Gasteiger partial charge in [-0.1, -0.05) is 149 Å². The van der Waals surface area contributed by atoms with Crippen LogP contribution in [0.4, 0.5) is 0 Å². The van der Waals surface area contributed by atoms with Crippen LogP contribution < -0.4 is 0 Å². The highest BCUT2D eigenvalue weighted by Gasteiger charge is 2.19. The number of ether oxygens (including phenoxy) is 12. The first-order chi connectivity index (χ1) is 44.5. The van der Waals surface area contributed by atoms with E-state index in [1.54, 1.807) is 0 Å². The van der Waals surface area contributed by atoms with E-state index < -0.39 is 0 Å². The molecule has 0 bridgehead atoms. The lowest BCUT2D eigenvalue weighted by atomic mass is 9.99. The zero-order valence-electron chi connectivity index (χ0n) is 58.4. The average molecular weight is 1270 g/mol. The maximum atomic E-state index is 6.50. The summed E-state index contributed by atoms with van der Waals surface area (Å²) in [5.41, 5.74) is 5.10. The van der Waals surface area contributed by atoms with Gasteiger partial charge in [-0.2, -0.15) is 0 Å². The van der Waals surface area contributed by atoms with Crippen molar-refractivity contribution < 1.29 is 56.8 Å². The normalized spacial score (nSPS) is 14.0. The molecule has 0 radical (unpaired) electrons. The van der Waals surface area contributed by atoms with Crippen LogP contribution in [0.15, 0.2) is 121 Å². The van der Waals surface area contributed by atoms with Crippen LogP contribution in [0.5, 0.6) is 0 Å². The Morgan fingerprint density at radius 3 is 0.648 bits per heavy atom. The summed E-state index contributed by atoms with van der Waals surface area (Å²) in [7, 11) is 0. The molecule has 0 aromatic heterocycles. The molecule has 91 heavy (non-hydrogen) atoms. The van der Waals surface area contributed by atoms with Gasteiger partial charge in [0, 0.05) is 92.1 Å². The largest absolute Gasteiger partial charge is 0.379 e. The van der Waals surface area contributed by atoms with Crippen LogP contribution in [0.25, 0.3) is 0 Å². The van der Waals surface area contributed by atoms with Crippen molar-refractivity contribution in [3.05, 3.63) is 144 Å². The van der Waals surface area contributed by atoms with Crippen LogP contribution in [-0.4, -0.2) is 129 Å². The van der Waals surface area contributed by atoms with Crippen molar-refractivity contribution in [3.63, 3.8) is 0 Å². The first kappa shape index (κ1) is 79.8. The maximum absolute atomic E-state index is 6.50. The summed E-state index contributed by atoms with van der Waals surface area (Å²) < 4.78 is 75.9. The monoisotopic (exact) mass is 1270 g/mol. The molecule has 4 aromatic carbocycles. The van der Waals surface area contributed by atoms with Gasteiger partial charge in [-0.15, -0.1) is 0 Å². The fourth-order valence-electron chi connectivity index (χ4n) is 10.6. The second kappa shape index (κ2) is 54.6. The average Bonchev–Trinajstić information content (AvgIpc) is 3.70. The van der Waals surface area contributed by atoms with Crippen molar-refractivity contribution in [1.29, 1.82) is 0 Å². The number of rotatable bonds is 62. The van der Waals surface area contributed by atoms with Crippen molar-refractivity contribution in [1.82, 2.24) is 0 Å². The topological polar surface area (TPSA) is 111 Å².